The lowest BCUT2D eigenvalue weighted by molar-refractivity contribution is -0.144. The van der Waals surface area contributed by atoms with Crippen molar-refractivity contribution >= 4 is 5.97 Å². The van der Waals surface area contributed by atoms with E-state index in [0.29, 0.717) is 19.1 Å². The lowest BCUT2D eigenvalue weighted by atomic mass is 10.2. The van der Waals surface area contributed by atoms with Gasteiger partial charge in [-0.25, -0.2) is 0 Å². The summed E-state index contributed by atoms with van der Waals surface area (Å²) in [7, 11) is 0. The van der Waals surface area contributed by atoms with Crippen molar-refractivity contribution in [1.82, 2.24) is 4.90 Å². The first kappa shape index (κ1) is 10.5. The molecule has 0 amide bonds. The Bertz CT molecular complexity index is 164. The number of ether oxygens (including phenoxy) is 1. The average Bonchev–Trinajstić information content (AvgIpc) is 2.55. The summed E-state index contributed by atoms with van der Waals surface area (Å²) in [5.41, 5.74) is 0. The fraction of sp³-hybridized carbons (Fsp3) is 0.900. The molecule has 0 aromatic carbocycles. The highest BCUT2D eigenvalue weighted by molar-refractivity contribution is 5.70. The van der Waals surface area contributed by atoms with Crippen LogP contribution in [-0.4, -0.2) is 36.6 Å². The molecule has 1 aliphatic rings. The van der Waals surface area contributed by atoms with Crippen molar-refractivity contribution in [2.45, 2.75) is 39.2 Å². The normalized spacial score (nSPS) is 20.2. The van der Waals surface area contributed by atoms with Gasteiger partial charge in [-0.05, 0) is 39.8 Å². The zero-order chi connectivity index (χ0) is 9.68. The van der Waals surface area contributed by atoms with Gasteiger partial charge in [0.1, 0.15) is 0 Å². The smallest absolute Gasteiger partial charge is 0.307 e. The topological polar surface area (TPSA) is 29.5 Å². The molecule has 0 N–H and O–H groups in total. The van der Waals surface area contributed by atoms with Crippen molar-refractivity contribution in [2.75, 3.05) is 19.7 Å². The minimum Gasteiger partial charge on any atom is -0.466 e. The molecule has 1 rings (SSSR count). The molecule has 1 aliphatic heterocycles. The maximum atomic E-state index is 11.2. The molecule has 3 heteroatoms. The number of likely N-dealkylation sites (tertiary alicyclic amines) is 1. The van der Waals surface area contributed by atoms with Gasteiger partial charge in [0.05, 0.1) is 13.0 Å². The summed E-state index contributed by atoms with van der Waals surface area (Å²) >= 11 is 0. The van der Waals surface area contributed by atoms with E-state index in [2.05, 4.69) is 11.8 Å². The first-order valence-corrected chi connectivity index (χ1v) is 5.13. The Labute approximate surface area is 80.1 Å². The summed E-state index contributed by atoms with van der Waals surface area (Å²) in [6.07, 6.45) is 3.08. The summed E-state index contributed by atoms with van der Waals surface area (Å²) < 4.78 is 4.91. The average molecular weight is 185 g/mol. The second-order valence-corrected chi connectivity index (χ2v) is 3.60. The lowest BCUT2D eigenvalue weighted by Gasteiger charge is -2.22. The quantitative estimate of drug-likeness (QED) is 0.620. The molecule has 1 fully saturated rings. The molecule has 0 aromatic heterocycles. The molecule has 0 saturated carbocycles. The second kappa shape index (κ2) is 5.22. The van der Waals surface area contributed by atoms with Crippen LogP contribution in [0.5, 0.6) is 0 Å². The van der Waals surface area contributed by atoms with Crippen LogP contribution in [0.15, 0.2) is 0 Å². The maximum absolute atomic E-state index is 11.2. The SMILES string of the molecule is CCOC(=O)CC(C)N1CCCC1. The number of hydrogen-bond acceptors (Lipinski definition) is 3. The van der Waals surface area contributed by atoms with Gasteiger partial charge < -0.3 is 9.64 Å². The third-order valence-corrected chi connectivity index (χ3v) is 2.53. The molecule has 3 nitrogen and oxygen atoms in total. The molecule has 0 aliphatic carbocycles. The molecular formula is C10H19NO2. The third-order valence-electron chi connectivity index (χ3n) is 2.53. The summed E-state index contributed by atoms with van der Waals surface area (Å²) in [6.45, 7) is 6.72. The lowest BCUT2D eigenvalue weighted by Crippen LogP contribution is -2.32. The van der Waals surface area contributed by atoms with Crippen molar-refractivity contribution in [2.24, 2.45) is 0 Å². The predicted octanol–water partition coefficient (Wildman–Crippen LogP) is 1.42. The molecule has 0 bridgehead atoms. The van der Waals surface area contributed by atoms with E-state index in [0.717, 1.165) is 13.1 Å². The fourth-order valence-electron chi connectivity index (χ4n) is 1.77. The van der Waals surface area contributed by atoms with Gasteiger partial charge in [-0.2, -0.15) is 0 Å². The Kier molecular flexibility index (Phi) is 4.22. The Morgan fingerprint density at radius 3 is 2.62 bits per heavy atom. The highest BCUT2D eigenvalue weighted by Crippen LogP contribution is 2.13. The largest absolute Gasteiger partial charge is 0.466 e. The molecule has 13 heavy (non-hydrogen) atoms. The summed E-state index contributed by atoms with van der Waals surface area (Å²) in [5, 5.41) is 0. The number of carbonyl (C=O) groups is 1. The minimum atomic E-state index is -0.0677. The molecule has 1 atom stereocenters. The van der Waals surface area contributed by atoms with Crippen LogP contribution >= 0.6 is 0 Å². The van der Waals surface area contributed by atoms with Crippen molar-refractivity contribution in [3.63, 3.8) is 0 Å². The first-order chi connectivity index (χ1) is 6.24. The van der Waals surface area contributed by atoms with E-state index in [4.69, 9.17) is 4.74 Å². The van der Waals surface area contributed by atoms with Crippen LogP contribution in [-0.2, 0) is 9.53 Å². The molecular weight excluding hydrogens is 166 g/mol. The Morgan fingerprint density at radius 2 is 2.08 bits per heavy atom. The molecule has 76 valence electrons. The Hall–Kier alpha value is -0.570. The van der Waals surface area contributed by atoms with Crippen LogP contribution in [0.25, 0.3) is 0 Å². The van der Waals surface area contributed by atoms with Gasteiger partial charge in [0.25, 0.3) is 0 Å². The van der Waals surface area contributed by atoms with Crippen LogP contribution in [0.2, 0.25) is 0 Å². The van der Waals surface area contributed by atoms with Crippen molar-refractivity contribution in [3.8, 4) is 0 Å². The molecule has 0 spiro atoms. The van der Waals surface area contributed by atoms with E-state index in [1.807, 2.05) is 6.92 Å². The predicted molar refractivity (Wildman–Crippen MR) is 51.5 cm³/mol. The van der Waals surface area contributed by atoms with Crippen molar-refractivity contribution in [1.29, 1.82) is 0 Å². The first-order valence-electron chi connectivity index (χ1n) is 5.13. The molecule has 1 unspecified atom stereocenters. The zero-order valence-corrected chi connectivity index (χ0v) is 8.58. The van der Waals surface area contributed by atoms with Gasteiger partial charge in [-0.3, -0.25) is 4.79 Å². The fourth-order valence-corrected chi connectivity index (χ4v) is 1.77. The van der Waals surface area contributed by atoms with Crippen molar-refractivity contribution in [3.05, 3.63) is 0 Å². The second-order valence-electron chi connectivity index (χ2n) is 3.60. The molecule has 0 aromatic rings. The van der Waals surface area contributed by atoms with Crippen LogP contribution < -0.4 is 0 Å². The van der Waals surface area contributed by atoms with E-state index >= 15 is 0 Å². The monoisotopic (exact) mass is 185 g/mol. The van der Waals surface area contributed by atoms with Gasteiger partial charge in [0.15, 0.2) is 0 Å². The number of carbonyl (C=O) groups excluding carboxylic acids is 1. The van der Waals surface area contributed by atoms with Crippen molar-refractivity contribution < 1.29 is 9.53 Å². The van der Waals surface area contributed by atoms with E-state index in [-0.39, 0.29) is 5.97 Å². The molecule has 1 heterocycles. The number of nitrogens with zero attached hydrogens (tertiary/aromatic N) is 1. The van der Waals surface area contributed by atoms with Crippen LogP contribution in [0.3, 0.4) is 0 Å². The minimum absolute atomic E-state index is 0.0677. The van der Waals surface area contributed by atoms with Gasteiger partial charge in [-0.1, -0.05) is 0 Å². The molecule has 0 radical (unpaired) electrons. The summed E-state index contributed by atoms with van der Waals surface area (Å²) in [5.74, 6) is -0.0677. The van der Waals surface area contributed by atoms with Gasteiger partial charge in [0.2, 0.25) is 0 Å². The highest BCUT2D eigenvalue weighted by Gasteiger charge is 2.20. The van der Waals surface area contributed by atoms with Gasteiger partial charge in [0, 0.05) is 6.04 Å². The van der Waals surface area contributed by atoms with Gasteiger partial charge >= 0.3 is 5.97 Å². The highest BCUT2D eigenvalue weighted by atomic mass is 16.5. The van der Waals surface area contributed by atoms with E-state index in [9.17, 15) is 4.79 Å². The van der Waals surface area contributed by atoms with E-state index < -0.39 is 0 Å². The number of hydrogen-bond donors (Lipinski definition) is 0. The van der Waals surface area contributed by atoms with E-state index in [1.165, 1.54) is 12.8 Å². The van der Waals surface area contributed by atoms with Crippen LogP contribution in [0.4, 0.5) is 0 Å². The molecule has 1 saturated heterocycles. The van der Waals surface area contributed by atoms with Crippen LogP contribution in [0, 0.1) is 0 Å². The summed E-state index contributed by atoms with van der Waals surface area (Å²) in [6, 6.07) is 0.349. The Morgan fingerprint density at radius 1 is 1.46 bits per heavy atom. The van der Waals surface area contributed by atoms with Crippen LogP contribution in [0.1, 0.15) is 33.1 Å². The summed E-state index contributed by atoms with van der Waals surface area (Å²) in [4.78, 5) is 13.5. The van der Waals surface area contributed by atoms with E-state index in [1.54, 1.807) is 0 Å². The zero-order valence-electron chi connectivity index (χ0n) is 8.58. The maximum Gasteiger partial charge on any atom is 0.307 e. The third kappa shape index (κ3) is 3.35. The Balaban J connectivity index is 2.22. The standard InChI is InChI=1S/C10H19NO2/c1-3-13-10(12)8-9(2)11-6-4-5-7-11/h9H,3-8H2,1-2H3. The van der Waals surface area contributed by atoms with Gasteiger partial charge in [-0.15, -0.1) is 0 Å². The number of esters is 1. The number of rotatable bonds is 4.